The zero-order valence-corrected chi connectivity index (χ0v) is 11.0. The molecule has 4 nitrogen and oxygen atoms in total. The predicted molar refractivity (Wildman–Crippen MR) is 73.1 cm³/mol. The minimum Gasteiger partial charge on any atom is -0.481 e. The van der Waals surface area contributed by atoms with Gasteiger partial charge in [-0.05, 0) is 18.6 Å². The Morgan fingerprint density at radius 2 is 2.05 bits per heavy atom. The number of benzene rings is 1. The van der Waals surface area contributed by atoms with E-state index in [1.165, 1.54) is 12.7 Å². The standard InChI is InChI=1S/C15H16N2O2/c1-11-5-3-6-12(9-11)10-16-15(18)13-7-4-8-14(17-13)19-2/h3-9H,10H2,1-2H3,(H,16,18). The molecule has 0 aliphatic rings. The minimum absolute atomic E-state index is 0.208. The van der Waals surface area contributed by atoms with Gasteiger partial charge in [0.05, 0.1) is 7.11 Å². The van der Waals surface area contributed by atoms with Crippen LogP contribution in [0.4, 0.5) is 0 Å². The quantitative estimate of drug-likeness (QED) is 0.913. The van der Waals surface area contributed by atoms with Crippen molar-refractivity contribution in [2.45, 2.75) is 13.5 Å². The van der Waals surface area contributed by atoms with Crippen molar-refractivity contribution in [3.05, 3.63) is 59.3 Å². The number of carbonyl (C=O) groups is 1. The molecule has 0 fully saturated rings. The van der Waals surface area contributed by atoms with E-state index in [1.807, 2.05) is 31.2 Å². The molecule has 0 atom stereocenters. The van der Waals surface area contributed by atoms with Crippen LogP contribution in [-0.4, -0.2) is 18.0 Å². The summed E-state index contributed by atoms with van der Waals surface area (Å²) >= 11 is 0. The lowest BCUT2D eigenvalue weighted by Gasteiger charge is -2.06. The number of aromatic nitrogens is 1. The average Bonchev–Trinajstić information content (AvgIpc) is 2.45. The zero-order valence-electron chi connectivity index (χ0n) is 11.0. The Morgan fingerprint density at radius 3 is 2.79 bits per heavy atom. The van der Waals surface area contributed by atoms with E-state index in [2.05, 4.69) is 10.3 Å². The summed E-state index contributed by atoms with van der Waals surface area (Å²) in [7, 11) is 1.52. The SMILES string of the molecule is COc1cccc(C(=O)NCc2cccc(C)c2)n1. The van der Waals surface area contributed by atoms with Gasteiger partial charge in [-0.1, -0.05) is 35.9 Å². The highest BCUT2D eigenvalue weighted by Crippen LogP contribution is 2.07. The molecule has 98 valence electrons. The first-order valence-electron chi connectivity index (χ1n) is 6.04. The van der Waals surface area contributed by atoms with Gasteiger partial charge in [0.15, 0.2) is 0 Å². The van der Waals surface area contributed by atoms with Crippen LogP contribution in [-0.2, 0) is 6.54 Å². The lowest BCUT2D eigenvalue weighted by atomic mass is 10.1. The maximum Gasteiger partial charge on any atom is 0.270 e. The average molecular weight is 256 g/mol. The summed E-state index contributed by atoms with van der Waals surface area (Å²) in [6, 6.07) is 13.1. The van der Waals surface area contributed by atoms with E-state index >= 15 is 0 Å². The van der Waals surface area contributed by atoms with Crippen LogP contribution in [0, 0.1) is 6.92 Å². The molecule has 1 aromatic heterocycles. The van der Waals surface area contributed by atoms with Gasteiger partial charge in [0.2, 0.25) is 5.88 Å². The van der Waals surface area contributed by atoms with Gasteiger partial charge >= 0.3 is 0 Å². The highest BCUT2D eigenvalue weighted by atomic mass is 16.5. The van der Waals surface area contributed by atoms with Gasteiger partial charge in [-0.15, -0.1) is 0 Å². The Kier molecular flexibility index (Phi) is 4.13. The summed E-state index contributed by atoms with van der Waals surface area (Å²) < 4.78 is 4.99. The van der Waals surface area contributed by atoms with Crippen molar-refractivity contribution in [2.24, 2.45) is 0 Å². The van der Waals surface area contributed by atoms with Crippen molar-refractivity contribution in [3.63, 3.8) is 0 Å². The van der Waals surface area contributed by atoms with Gasteiger partial charge in [-0.25, -0.2) is 4.98 Å². The highest BCUT2D eigenvalue weighted by Gasteiger charge is 2.07. The smallest absolute Gasteiger partial charge is 0.270 e. The number of aryl methyl sites for hydroxylation is 1. The molecule has 1 heterocycles. The Hall–Kier alpha value is -2.36. The van der Waals surface area contributed by atoms with Gasteiger partial charge in [-0.2, -0.15) is 0 Å². The first-order valence-corrected chi connectivity index (χ1v) is 6.04. The molecule has 0 aliphatic carbocycles. The molecule has 2 rings (SSSR count). The number of rotatable bonds is 4. The minimum atomic E-state index is -0.208. The van der Waals surface area contributed by atoms with E-state index in [-0.39, 0.29) is 5.91 Å². The Labute approximate surface area is 112 Å². The third kappa shape index (κ3) is 3.55. The van der Waals surface area contributed by atoms with Crippen molar-refractivity contribution in [1.82, 2.24) is 10.3 Å². The Bertz CT molecular complexity index is 582. The lowest BCUT2D eigenvalue weighted by Crippen LogP contribution is -2.23. The monoisotopic (exact) mass is 256 g/mol. The first kappa shape index (κ1) is 13.1. The molecule has 0 unspecified atom stereocenters. The lowest BCUT2D eigenvalue weighted by molar-refractivity contribution is 0.0945. The molecule has 4 heteroatoms. The van der Waals surface area contributed by atoms with Crippen LogP contribution in [0.3, 0.4) is 0 Å². The van der Waals surface area contributed by atoms with Crippen molar-refractivity contribution in [2.75, 3.05) is 7.11 Å². The summed E-state index contributed by atoms with van der Waals surface area (Å²) in [4.78, 5) is 16.0. The third-order valence-corrected chi connectivity index (χ3v) is 2.70. The number of pyridine rings is 1. The Morgan fingerprint density at radius 1 is 1.26 bits per heavy atom. The number of nitrogens with one attached hydrogen (secondary N) is 1. The van der Waals surface area contributed by atoms with Crippen LogP contribution in [0.25, 0.3) is 0 Å². The van der Waals surface area contributed by atoms with E-state index in [1.54, 1.807) is 18.2 Å². The van der Waals surface area contributed by atoms with Gasteiger partial charge in [0, 0.05) is 12.6 Å². The summed E-state index contributed by atoms with van der Waals surface area (Å²) in [6.07, 6.45) is 0. The van der Waals surface area contributed by atoms with Crippen LogP contribution < -0.4 is 10.1 Å². The second-order valence-corrected chi connectivity index (χ2v) is 4.24. The predicted octanol–water partition coefficient (Wildman–Crippen LogP) is 2.33. The van der Waals surface area contributed by atoms with Crippen molar-refractivity contribution in [3.8, 4) is 5.88 Å². The second kappa shape index (κ2) is 6.00. The molecule has 0 saturated heterocycles. The number of carbonyl (C=O) groups excluding carboxylic acids is 1. The van der Waals surface area contributed by atoms with Crippen molar-refractivity contribution >= 4 is 5.91 Å². The van der Waals surface area contributed by atoms with Gasteiger partial charge in [0.25, 0.3) is 5.91 Å². The number of hydrogen-bond acceptors (Lipinski definition) is 3. The summed E-state index contributed by atoms with van der Waals surface area (Å²) in [6.45, 7) is 2.51. The second-order valence-electron chi connectivity index (χ2n) is 4.24. The number of methoxy groups -OCH3 is 1. The van der Waals surface area contributed by atoms with E-state index in [9.17, 15) is 4.79 Å². The molecule has 1 aromatic carbocycles. The van der Waals surface area contributed by atoms with Crippen molar-refractivity contribution < 1.29 is 9.53 Å². The molecular weight excluding hydrogens is 240 g/mol. The molecular formula is C15H16N2O2. The third-order valence-electron chi connectivity index (χ3n) is 2.70. The van der Waals surface area contributed by atoms with E-state index < -0.39 is 0 Å². The fraction of sp³-hybridized carbons (Fsp3) is 0.200. The fourth-order valence-electron chi connectivity index (χ4n) is 1.75. The maximum absolute atomic E-state index is 11.9. The zero-order chi connectivity index (χ0) is 13.7. The normalized spacial score (nSPS) is 10.0. The first-order chi connectivity index (χ1) is 9.19. The molecule has 0 spiro atoms. The van der Waals surface area contributed by atoms with Crippen LogP contribution in [0.15, 0.2) is 42.5 Å². The van der Waals surface area contributed by atoms with Crippen LogP contribution in [0.2, 0.25) is 0 Å². The van der Waals surface area contributed by atoms with Crippen LogP contribution in [0.1, 0.15) is 21.6 Å². The molecule has 2 aromatic rings. The number of hydrogen-bond donors (Lipinski definition) is 1. The molecule has 19 heavy (non-hydrogen) atoms. The topological polar surface area (TPSA) is 51.2 Å². The van der Waals surface area contributed by atoms with Crippen molar-refractivity contribution in [1.29, 1.82) is 0 Å². The fourth-order valence-corrected chi connectivity index (χ4v) is 1.75. The van der Waals surface area contributed by atoms with E-state index in [4.69, 9.17) is 4.74 Å². The van der Waals surface area contributed by atoms with E-state index in [0.29, 0.717) is 18.1 Å². The van der Waals surface area contributed by atoms with Crippen LogP contribution in [0.5, 0.6) is 5.88 Å². The largest absolute Gasteiger partial charge is 0.481 e. The molecule has 1 amide bonds. The van der Waals surface area contributed by atoms with Gasteiger partial charge in [0.1, 0.15) is 5.69 Å². The van der Waals surface area contributed by atoms with Gasteiger partial charge in [-0.3, -0.25) is 4.79 Å². The summed E-state index contributed by atoms with van der Waals surface area (Å²) in [5.74, 6) is 0.226. The molecule has 0 saturated carbocycles. The molecule has 0 aliphatic heterocycles. The molecule has 0 bridgehead atoms. The molecule has 1 N–H and O–H groups in total. The number of ether oxygens (including phenoxy) is 1. The number of nitrogens with zero attached hydrogens (tertiary/aromatic N) is 1. The number of amides is 1. The van der Waals surface area contributed by atoms with Crippen LogP contribution >= 0.6 is 0 Å². The molecule has 0 radical (unpaired) electrons. The summed E-state index contributed by atoms with van der Waals surface area (Å²) in [5, 5.41) is 2.84. The van der Waals surface area contributed by atoms with E-state index in [0.717, 1.165) is 5.56 Å². The van der Waals surface area contributed by atoms with Gasteiger partial charge < -0.3 is 10.1 Å². The summed E-state index contributed by atoms with van der Waals surface area (Å²) in [5.41, 5.74) is 2.59. The highest BCUT2D eigenvalue weighted by molar-refractivity contribution is 5.92. The Balaban J connectivity index is 2.01. The maximum atomic E-state index is 11.9.